The van der Waals surface area contributed by atoms with Crippen LogP contribution in [0.5, 0.6) is 0 Å². The van der Waals surface area contributed by atoms with E-state index in [9.17, 15) is 4.79 Å². The zero-order valence-corrected chi connectivity index (χ0v) is 10.6. The maximum absolute atomic E-state index is 11.3. The minimum absolute atomic E-state index is 0.0352. The van der Waals surface area contributed by atoms with Crippen LogP contribution in [0.25, 0.3) is 0 Å². The minimum atomic E-state index is -0.0352. The number of hydrogen-bond acceptors (Lipinski definition) is 3. The molecule has 1 aromatic carbocycles. The van der Waals surface area contributed by atoms with Gasteiger partial charge in [0.1, 0.15) is 0 Å². The molecule has 0 unspecified atom stereocenters. The molecule has 0 aliphatic heterocycles. The Hall–Kier alpha value is -1.00. The summed E-state index contributed by atoms with van der Waals surface area (Å²) in [6.07, 6.45) is 0. The molecule has 1 aromatic rings. The van der Waals surface area contributed by atoms with Gasteiger partial charge in [0.2, 0.25) is 5.91 Å². The van der Waals surface area contributed by atoms with Crippen LogP contribution in [0.15, 0.2) is 29.2 Å². The molecule has 1 amide bonds. The molecule has 16 heavy (non-hydrogen) atoms. The Morgan fingerprint density at radius 1 is 1.38 bits per heavy atom. The molecule has 0 saturated heterocycles. The van der Waals surface area contributed by atoms with E-state index in [0.29, 0.717) is 6.54 Å². The molecule has 0 saturated carbocycles. The van der Waals surface area contributed by atoms with Crippen molar-refractivity contribution in [3.05, 3.63) is 29.8 Å². The van der Waals surface area contributed by atoms with E-state index in [4.69, 9.17) is 5.73 Å². The Kier molecular flexibility index (Phi) is 5.35. The van der Waals surface area contributed by atoms with Crippen LogP contribution in [-0.2, 0) is 11.3 Å². The fourth-order valence-corrected chi connectivity index (χ4v) is 2.04. The first-order valence-electron chi connectivity index (χ1n) is 5.33. The van der Waals surface area contributed by atoms with Crippen LogP contribution in [0.3, 0.4) is 0 Å². The van der Waals surface area contributed by atoms with E-state index in [1.807, 2.05) is 11.8 Å². The van der Waals surface area contributed by atoms with Crippen molar-refractivity contribution in [2.45, 2.75) is 18.4 Å². The number of thioether (sulfide) groups is 1. The van der Waals surface area contributed by atoms with Crippen LogP contribution in [0.4, 0.5) is 0 Å². The van der Waals surface area contributed by atoms with E-state index in [-0.39, 0.29) is 12.5 Å². The first kappa shape index (κ1) is 13.1. The quantitative estimate of drug-likeness (QED) is 0.794. The van der Waals surface area contributed by atoms with Gasteiger partial charge < -0.3 is 10.6 Å². The number of nitrogens with two attached hydrogens (primary N) is 1. The zero-order chi connectivity index (χ0) is 12.0. The average molecular weight is 238 g/mol. The molecule has 0 radical (unpaired) electrons. The van der Waals surface area contributed by atoms with Gasteiger partial charge in [-0.05, 0) is 23.4 Å². The molecule has 0 spiro atoms. The molecule has 0 aliphatic carbocycles. The fourth-order valence-electron chi connectivity index (χ4n) is 1.38. The number of rotatable bonds is 5. The molecule has 88 valence electrons. The minimum Gasteiger partial charge on any atom is -0.340 e. The Bertz CT molecular complexity index is 337. The van der Waals surface area contributed by atoms with Gasteiger partial charge in [0.15, 0.2) is 0 Å². The molecule has 2 N–H and O–H groups in total. The molecule has 3 nitrogen and oxygen atoms in total. The lowest BCUT2D eigenvalue weighted by Crippen LogP contribution is -2.32. The largest absolute Gasteiger partial charge is 0.340 e. The Morgan fingerprint density at radius 3 is 2.50 bits per heavy atom. The second-order valence-corrected chi connectivity index (χ2v) is 4.87. The van der Waals surface area contributed by atoms with E-state index in [1.165, 1.54) is 4.90 Å². The number of carbonyl (C=O) groups is 1. The van der Waals surface area contributed by atoms with Gasteiger partial charge >= 0.3 is 0 Å². The molecular weight excluding hydrogens is 220 g/mol. The van der Waals surface area contributed by atoms with Gasteiger partial charge in [0, 0.05) is 18.5 Å². The Morgan fingerprint density at radius 2 is 2.00 bits per heavy atom. The molecule has 0 aliphatic rings. The van der Waals surface area contributed by atoms with Crippen molar-refractivity contribution < 1.29 is 4.79 Å². The molecule has 0 fully saturated rings. The third kappa shape index (κ3) is 3.87. The topological polar surface area (TPSA) is 46.3 Å². The lowest BCUT2D eigenvalue weighted by atomic mass is 10.2. The van der Waals surface area contributed by atoms with Crippen molar-refractivity contribution in [2.24, 2.45) is 5.73 Å². The first-order chi connectivity index (χ1) is 7.67. The lowest BCUT2D eigenvalue weighted by molar-refractivity contribution is -0.128. The van der Waals surface area contributed by atoms with Gasteiger partial charge in [-0.1, -0.05) is 19.1 Å². The summed E-state index contributed by atoms with van der Waals surface area (Å²) in [5.74, 6) is 1.04. The van der Waals surface area contributed by atoms with Crippen LogP contribution in [0.1, 0.15) is 12.5 Å². The summed E-state index contributed by atoms with van der Waals surface area (Å²) in [4.78, 5) is 14.2. The van der Waals surface area contributed by atoms with E-state index in [1.54, 1.807) is 11.9 Å². The number of amides is 1. The smallest absolute Gasteiger partial charge is 0.236 e. The van der Waals surface area contributed by atoms with Crippen molar-refractivity contribution in [1.82, 2.24) is 4.90 Å². The summed E-state index contributed by atoms with van der Waals surface area (Å²) in [7, 11) is 1.77. The van der Waals surface area contributed by atoms with Crippen molar-refractivity contribution in [3.63, 3.8) is 0 Å². The highest BCUT2D eigenvalue weighted by atomic mass is 32.2. The second kappa shape index (κ2) is 6.55. The van der Waals surface area contributed by atoms with Gasteiger partial charge in [-0.2, -0.15) is 0 Å². The normalized spacial score (nSPS) is 10.2. The second-order valence-electron chi connectivity index (χ2n) is 3.53. The van der Waals surface area contributed by atoms with E-state index in [2.05, 4.69) is 31.2 Å². The average Bonchev–Trinajstić information content (AvgIpc) is 2.31. The molecule has 1 rings (SSSR count). The predicted molar refractivity (Wildman–Crippen MR) is 68.4 cm³/mol. The van der Waals surface area contributed by atoms with Crippen molar-refractivity contribution >= 4 is 17.7 Å². The van der Waals surface area contributed by atoms with Gasteiger partial charge in [-0.15, -0.1) is 11.8 Å². The molecule has 0 bridgehead atoms. The number of nitrogens with zero attached hydrogens (tertiary/aromatic N) is 1. The summed E-state index contributed by atoms with van der Waals surface area (Å²) in [6.45, 7) is 2.82. The van der Waals surface area contributed by atoms with Crippen LogP contribution in [0.2, 0.25) is 0 Å². The molecule has 4 heteroatoms. The van der Waals surface area contributed by atoms with Gasteiger partial charge in [-0.3, -0.25) is 4.79 Å². The third-order valence-corrected chi connectivity index (χ3v) is 3.15. The van der Waals surface area contributed by atoms with Crippen LogP contribution >= 0.6 is 11.8 Å². The van der Waals surface area contributed by atoms with Gasteiger partial charge in [-0.25, -0.2) is 0 Å². The van der Waals surface area contributed by atoms with Crippen molar-refractivity contribution in [1.29, 1.82) is 0 Å². The molecular formula is C12H18N2OS. The molecule has 0 atom stereocenters. The highest BCUT2D eigenvalue weighted by molar-refractivity contribution is 7.99. The van der Waals surface area contributed by atoms with Crippen molar-refractivity contribution in [3.8, 4) is 0 Å². The number of likely N-dealkylation sites (N-methyl/N-ethyl adjacent to an activating group) is 1. The van der Waals surface area contributed by atoms with Crippen molar-refractivity contribution in [2.75, 3.05) is 19.3 Å². The highest BCUT2D eigenvalue weighted by Gasteiger charge is 2.06. The van der Waals surface area contributed by atoms with Gasteiger partial charge in [0.25, 0.3) is 0 Å². The fraction of sp³-hybridized carbons (Fsp3) is 0.417. The third-order valence-electron chi connectivity index (χ3n) is 2.25. The summed E-state index contributed by atoms with van der Waals surface area (Å²) in [6, 6.07) is 8.28. The Balaban J connectivity index is 2.58. The summed E-state index contributed by atoms with van der Waals surface area (Å²) < 4.78 is 0. The lowest BCUT2D eigenvalue weighted by Gasteiger charge is -2.16. The van der Waals surface area contributed by atoms with Crippen LogP contribution < -0.4 is 5.73 Å². The SMILES string of the molecule is CCSc1ccc(CN(C)C(=O)CN)cc1. The Labute approximate surface area is 101 Å². The standard InChI is InChI=1S/C12H18N2OS/c1-3-16-11-6-4-10(5-7-11)9-14(2)12(15)8-13/h4-7H,3,8-9,13H2,1-2H3. The maximum Gasteiger partial charge on any atom is 0.236 e. The monoisotopic (exact) mass is 238 g/mol. The summed E-state index contributed by atoms with van der Waals surface area (Å²) >= 11 is 1.81. The molecule has 0 heterocycles. The zero-order valence-electron chi connectivity index (χ0n) is 9.77. The van der Waals surface area contributed by atoms with E-state index in [0.717, 1.165) is 11.3 Å². The predicted octanol–water partition coefficient (Wildman–Crippen LogP) is 1.72. The maximum atomic E-state index is 11.3. The highest BCUT2D eigenvalue weighted by Crippen LogP contribution is 2.18. The summed E-state index contributed by atoms with van der Waals surface area (Å²) in [5, 5.41) is 0. The van der Waals surface area contributed by atoms with Crippen LogP contribution in [-0.4, -0.2) is 30.2 Å². The number of carbonyl (C=O) groups excluding carboxylic acids is 1. The number of benzene rings is 1. The van der Waals surface area contributed by atoms with E-state index >= 15 is 0 Å². The van der Waals surface area contributed by atoms with Gasteiger partial charge in [0.05, 0.1) is 6.54 Å². The summed E-state index contributed by atoms with van der Waals surface area (Å²) in [5.41, 5.74) is 6.43. The molecule has 0 aromatic heterocycles. The first-order valence-corrected chi connectivity index (χ1v) is 6.31. The van der Waals surface area contributed by atoms with Crippen LogP contribution in [0, 0.1) is 0 Å². The van der Waals surface area contributed by atoms with E-state index < -0.39 is 0 Å². The number of hydrogen-bond donors (Lipinski definition) is 1.